The summed E-state index contributed by atoms with van der Waals surface area (Å²) in [7, 11) is 0. The first-order chi connectivity index (χ1) is 8.13. The van der Waals surface area contributed by atoms with Gasteiger partial charge in [0.15, 0.2) is 0 Å². The number of carbonyl (C=O) groups is 1. The van der Waals surface area contributed by atoms with E-state index in [0.717, 1.165) is 17.1 Å². The summed E-state index contributed by atoms with van der Waals surface area (Å²) in [6.45, 7) is 4.06. The lowest BCUT2D eigenvalue weighted by atomic mass is 10.2. The van der Waals surface area contributed by atoms with Crippen LogP contribution < -0.4 is 11.3 Å². The van der Waals surface area contributed by atoms with Gasteiger partial charge in [-0.15, -0.1) is 0 Å². The molecule has 0 atom stereocenters. The monoisotopic (exact) mass is 229 g/mol. The molecule has 0 saturated heterocycles. The van der Waals surface area contributed by atoms with Crippen molar-refractivity contribution < 1.29 is 4.79 Å². The highest BCUT2D eigenvalue weighted by Gasteiger charge is 2.07. The van der Waals surface area contributed by atoms with Crippen molar-refractivity contribution in [2.24, 2.45) is 5.84 Å². The fraction of sp³-hybridized carbons (Fsp3) is 0.154. The summed E-state index contributed by atoms with van der Waals surface area (Å²) in [5.74, 6) is 4.84. The van der Waals surface area contributed by atoms with Crippen molar-refractivity contribution in [1.29, 1.82) is 0 Å². The molecular weight excluding hydrogens is 214 g/mol. The summed E-state index contributed by atoms with van der Waals surface area (Å²) in [6.07, 6.45) is 0. The number of nitrogen functional groups attached to an aromatic ring is 1. The van der Waals surface area contributed by atoms with E-state index in [9.17, 15) is 4.79 Å². The molecule has 2 rings (SSSR count). The third-order valence-corrected chi connectivity index (χ3v) is 2.77. The Morgan fingerprint density at radius 2 is 1.82 bits per heavy atom. The maximum atomic E-state index is 11.5. The third kappa shape index (κ3) is 2.07. The molecule has 0 aliphatic heterocycles. The molecule has 0 aliphatic carbocycles. The number of hydrogen-bond acceptors (Lipinski definition) is 2. The van der Waals surface area contributed by atoms with Crippen LogP contribution in [0.3, 0.4) is 0 Å². The summed E-state index contributed by atoms with van der Waals surface area (Å²) < 4.78 is 2.09. The highest BCUT2D eigenvalue weighted by Crippen LogP contribution is 2.17. The van der Waals surface area contributed by atoms with Crippen molar-refractivity contribution in [3.8, 4) is 5.69 Å². The number of nitrogens with one attached hydrogen (secondary N) is 1. The van der Waals surface area contributed by atoms with Crippen LogP contribution in [0.1, 0.15) is 21.7 Å². The van der Waals surface area contributed by atoms with Gasteiger partial charge >= 0.3 is 0 Å². The number of hydrogen-bond donors (Lipinski definition) is 2. The van der Waals surface area contributed by atoms with E-state index in [4.69, 9.17) is 5.84 Å². The Kier molecular flexibility index (Phi) is 2.97. The molecule has 0 radical (unpaired) electrons. The number of nitrogens with two attached hydrogens (primary N) is 1. The van der Waals surface area contributed by atoms with E-state index in [0.29, 0.717) is 5.56 Å². The van der Waals surface area contributed by atoms with Gasteiger partial charge in [-0.2, -0.15) is 0 Å². The minimum Gasteiger partial charge on any atom is -0.318 e. The lowest BCUT2D eigenvalue weighted by molar-refractivity contribution is 0.0953. The van der Waals surface area contributed by atoms with Crippen molar-refractivity contribution in [2.75, 3.05) is 0 Å². The molecule has 1 heterocycles. The van der Waals surface area contributed by atoms with E-state index >= 15 is 0 Å². The Morgan fingerprint density at radius 1 is 1.18 bits per heavy atom. The van der Waals surface area contributed by atoms with E-state index in [1.54, 1.807) is 6.07 Å². The topological polar surface area (TPSA) is 60.0 Å². The predicted molar refractivity (Wildman–Crippen MR) is 66.9 cm³/mol. The fourth-order valence-electron chi connectivity index (χ4n) is 1.95. The number of hydrazine groups is 1. The van der Waals surface area contributed by atoms with Crippen molar-refractivity contribution in [2.45, 2.75) is 13.8 Å². The maximum absolute atomic E-state index is 11.5. The van der Waals surface area contributed by atoms with Crippen LogP contribution in [0.15, 0.2) is 36.4 Å². The average Bonchev–Trinajstić information content (AvgIpc) is 2.68. The first kappa shape index (κ1) is 11.4. The summed E-state index contributed by atoms with van der Waals surface area (Å²) in [5.41, 5.74) is 5.92. The van der Waals surface area contributed by atoms with Gasteiger partial charge in [-0.1, -0.05) is 6.07 Å². The maximum Gasteiger partial charge on any atom is 0.265 e. The number of nitrogens with zero attached hydrogens (tertiary/aromatic N) is 1. The Balaban J connectivity index is 2.50. The number of aryl methyl sites for hydroxylation is 2. The standard InChI is InChI=1S/C13H15N3O/c1-9-6-7-10(2)16(9)12-5-3-4-11(8-12)13(17)15-14/h3-8H,14H2,1-2H3,(H,15,17). The number of rotatable bonds is 2. The van der Waals surface area contributed by atoms with Crippen LogP contribution in [-0.4, -0.2) is 10.5 Å². The summed E-state index contributed by atoms with van der Waals surface area (Å²) >= 11 is 0. The zero-order valence-corrected chi connectivity index (χ0v) is 9.90. The highest BCUT2D eigenvalue weighted by molar-refractivity contribution is 5.94. The molecule has 0 bridgehead atoms. The molecule has 0 unspecified atom stereocenters. The van der Waals surface area contributed by atoms with Gasteiger partial charge in [-0.05, 0) is 44.2 Å². The van der Waals surface area contributed by atoms with Crippen LogP contribution in [0, 0.1) is 13.8 Å². The number of carbonyl (C=O) groups excluding carboxylic acids is 1. The zero-order chi connectivity index (χ0) is 12.4. The molecule has 0 aliphatic rings. The van der Waals surface area contributed by atoms with Crippen LogP contribution in [0.5, 0.6) is 0 Å². The quantitative estimate of drug-likeness (QED) is 0.468. The third-order valence-electron chi connectivity index (χ3n) is 2.77. The second-order valence-corrected chi connectivity index (χ2v) is 3.98. The molecule has 4 heteroatoms. The zero-order valence-electron chi connectivity index (χ0n) is 9.90. The average molecular weight is 229 g/mol. The molecule has 0 fully saturated rings. The van der Waals surface area contributed by atoms with Crippen LogP contribution in [0.25, 0.3) is 5.69 Å². The summed E-state index contributed by atoms with van der Waals surface area (Å²) in [4.78, 5) is 11.5. The minimum atomic E-state index is -0.283. The molecule has 17 heavy (non-hydrogen) atoms. The molecule has 0 spiro atoms. The van der Waals surface area contributed by atoms with Gasteiger partial charge in [-0.25, -0.2) is 5.84 Å². The molecule has 1 aromatic heterocycles. The molecule has 3 N–H and O–H groups in total. The molecule has 1 aromatic carbocycles. The normalized spacial score (nSPS) is 10.3. The first-order valence-electron chi connectivity index (χ1n) is 5.40. The van der Waals surface area contributed by atoms with E-state index in [1.165, 1.54) is 0 Å². The molecule has 0 saturated carbocycles. The summed E-state index contributed by atoms with van der Waals surface area (Å²) in [6, 6.07) is 11.5. The van der Waals surface area contributed by atoms with Crippen LogP contribution in [-0.2, 0) is 0 Å². The number of benzene rings is 1. The number of aromatic nitrogens is 1. The lowest BCUT2D eigenvalue weighted by Crippen LogP contribution is -2.30. The van der Waals surface area contributed by atoms with Crippen molar-refractivity contribution in [3.63, 3.8) is 0 Å². The van der Waals surface area contributed by atoms with Gasteiger partial charge < -0.3 is 4.57 Å². The van der Waals surface area contributed by atoms with Crippen molar-refractivity contribution >= 4 is 5.91 Å². The van der Waals surface area contributed by atoms with Gasteiger partial charge in [0.2, 0.25) is 0 Å². The van der Waals surface area contributed by atoms with E-state index in [1.807, 2.05) is 44.2 Å². The van der Waals surface area contributed by atoms with Gasteiger partial charge in [0, 0.05) is 22.6 Å². The second kappa shape index (κ2) is 4.43. The predicted octanol–water partition coefficient (Wildman–Crippen LogP) is 1.70. The lowest BCUT2D eigenvalue weighted by Gasteiger charge is -2.10. The van der Waals surface area contributed by atoms with E-state index < -0.39 is 0 Å². The molecule has 88 valence electrons. The van der Waals surface area contributed by atoms with Crippen molar-refractivity contribution in [3.05, 3.63) is 53.3 Å². The minimum absolute atomic E-state index is 0.283. The van der Waals surface area contributed by atoms with Gasteiger partial charge in [-0.3, -0.25) is 10.2 Å². The molecule has 1 amide bonds. The van der Waals surface area contributed by atoms with Gasteiger partial charge in [0.1, 0.15) is 0 Å². The molecule has 4 nitrogen and oxygen atoms in total. The smallest absolute Gasteiger partial charge is 0.265 e. The summed E-state index contributed by atoms with van der Waals surface area (Å²) in [5, 5.41) is 0. The van der Waals surface area contributed by atoms with Crippen LogP contribution >= 0.6 is 0 Å². The van der Waals surface area contributed by atoms with Gasteiger partial charge in [0.05, 0.1) is 0 Å². The molecular formula is C13H15N3O. The SMILES string of the molecule is Cc1ccc(C)n1-c1cccc(C(=O)NN)c1. The fourth-order valence-corrected chi connectivity index (χ4v) is 1.95. The largest absolute Gasteiger partial charge is 0.318 e. The highest BCUT2D eigenvalue weighted by atomic mass is 16.2. The first-order valence-corrected chi connectivity index (χ1v) is 5.40. The van der Waals surface area contributed by atoms with E-state index in [-0.39, 0.29) is 5.91 Å². The van der Waals surface area contributed by atoms with Crippen LogP contribution in [0.2, 0.25) is 0 Å². The van der Waals surface area contributed by atoms with Gasteiger partial charge in [0.25, 0.3) is 5.91 Å². The van der Waals surface area contributed by atoms with Crippen molar-refractivity contribution in [1.82, 2.24) is 9.99 Å². The van der Waals surface area contributed by atoms with Crippen LogP contribution in [0.4, 0.5) is 0 Å². The Labute approximate surface area is 100 Å². The second-order valence-electron chi connectivity index (χ2n) is 3.98. The number of amides is 1. The molecule has 2 aromatic rings. The Bertz CT molecular complexity index is 538. The Hall–Kier alpha value is -2.07. The van der Waals surface area contributed by atoms with E-state index in [2.05, 4.69) is 9.99 Å². The Morgan fingerprint density at radius 3 is 2.41 bits per heavy atom.